The van der Waals surface area contributed by atoms with Crippen molar-refractivity contribution < 1.29 is 29.3 Å². The molecular weight excluding hydrogens is 383 g/mol. The molecule has 0 aromatic carbocycles. The molecule has 0 bridgehead atoms. The third kappa shape index (κ3) is 13.1. The zero-order chi connectivity index (χ0) is 16.7. The van der Waals surface area contributed by atoms with E-state index in [1.54, 1.807) is 8.87 Å². The van der Waals surface area contributed by atoms with E-state index in [-0.39, 0.29) is 21.1 Å². The second kappa shape index (κ2) is 16.0. The van der Waals surface area contributed by atoms with Gasteiger partial charge in [0.05, 0.1) is 14.2 Å². The van der Waals surface area contributed by atoms with Crippen LogP contribution >= 0.6 is 0 Å². The molecule has 0 heterocycles. The van der Waals surface area contributed by atoms with Crippen molar-refractivity contribution in [1.82, 2.24) is 0 Å². The number of rotatable bonds is 9. The summed E-state index contributed by atoms with van der Waals surface area (Å²) < 4.78 is 11.4. The SMILES string of the molecule is CCC[CH2][Sn][CH2]CCC.COC(=O)[C@H](O)[C@@H](O)C(=O)OC. The van der Waals surface area contributed by atoms with Crippen molar-refractivity contribution in [2.24, 2.45) is 0 Å². The number of unbranched alkanes of at least 4 members (excludes halogenated alkanes) is 2. The smallest absolute Gasteiger partial charge is 0.338 e. The monoisotopic (exact) mass is 412 g/mol. The number of ether oxygens (including phenoxy) is 2. The first-order chi connectivity index (χ1) is 9.95. The molecule has 0 aliphatic heterocycles. The molecule has 0 saturated heterocycles. The Kier molecular flexibility index (Phi) is 17.5. The fourth-order valence-corrected chi connectivity index (χ4v) is 5.39. The number of esters is 2. The minimum atomic E-state index is -1.90. The first-order valence-corrected chi connectivity index (χ1v) is 11.2. The van der Waals surface area contributed by atoms with Crippen molar-refractivity contribution in [3.8, 4) is 0 Å². The summed E-state index contributed by atoms with van der Waals surface area (Å²) in [6.07, 6.45) is 2.04. The topological polar surface area (TPSA) is 93.1 Å². The largest absolute Gasteiger partial charge is 0.467 e. The van der Waals surface area contributed by atoms with Crippen molar-refractivity contribution in [3.63, 3.8) is 0 Å². The average Bonchev–Trinajstić information content (AvgIpc) is 2.52. The van der Waals surface area contributed by atoms with Gasteiger partial charge in [0.2, 0.25) is 0 Å². The second-order valence-corrected chi connectivity index (χ2v) is 8.67. The van der Waals surface area contributed by atoms with Crippen LogP contribution in [-0.4, -0.2) is 69.7 Å². The van der Waals surface area contributed by atoms with Crippen LogP contribution in [0, 0.1) is 0 Å². The Hall–Kier alpha value is -0.341. The third-order valence-electron chi connectivity index (χ3n) is 2.60. The molecule has 0 fully saturated rings. The summed E-state index contributed by atoms with van der Waals surface area (Å²) in [7, 11) is 2.05. The minimum Gasteiger partial charge on any atom is -0.467 e. The number of methoxy groups -OCH3 is 2. The van der Waals surface area contributed by atoms with Gasteiger partial charge in [0.15, 0.2) is 12.2 Å². The predicted octanol–water partition coefficient (Wildman–Crippen LogP) is 1.18. The molecule has 7 heteroatoms. The zero-order valence-corrected chi connectivity index (χ0v) is 16.3. The van der Waals surface area contributed by atoms with Crippen LogP contribution in [0.25, 0.3) is 0 Å². The van der Waals surface area contributed by atoms with Crippen molar-refractivity contribution in [1.29, 1.82) is 0 Å². The second-order valence-electron chi connectivity index (χ2n) is 4.39. The molecule has 0 rings (SSSR count). The molecule has 2 N–H and O–H groups in total. The number of carbonyl (C=O) groups is 2. The molecule has 0 aromatic heterocycles. The van der Waals surface area contributed by atoms with Gasteiger partial charge in [-0.2, -0.15) is 0 Å². The van der Waals surface area contributed by atoms with Crippen molar-refractivity contribution in [2.45, 2.75) is 60.6 Å². The van der Waals surface area contributed by atoms with E-state index in [2.05, 4.69) is 23.3 Å². The molecule has 0 spiro atoms. The summed E-state index contributed by atoms with van der Waals surface area (Å²) in [5.41, 5.74) is 0. The Balaban J connectivity index is 0. The first kappa shape index (κ1) is 22.9. The molecule has 0 amide bonds. The van der Waals surface area contributed by atoms with E-state index in [1.807, 2.05) is 0 Å². The van der Waals surface area contributed by atoms with Crippen LogP contribution < -0.4 is 0 Å². The number of carbonyl (C=O) groups excluding carboxylic acids is 2. The maximum absolute atomic E-state index is 10.5. The zero-order valence-electron chi connectivity index (χ0n) is 13.4. The first-order valence-electron chi connectivity index (χ1n) is 7.18. The maximum atomic E-state index is 10.5. The summed E-state index contributed by atoms with van der Waals surface area (Å²) in [6.45, 7) is 4.58. The van der Waals surface area contributed by atoms with Gasteiger partial charge in [0.1, 0.15) is 0 Å². The van der Waals surface area contributed by atoms with Crippen molar-refractivity contribution in [3.05, 3.63) is 0 Å². The average molecular weight is 411 g/mol. The van der Waals surface area contributed by atoms with Crippen LogP contribution in [0.1, 0.15) is 39.5 Å². The van der Waals surface area contributed by atoms with Crippen LogP contribution in [0.5, 0.6) is 0 Å². The van der Waals surface area contributed by atoms with Gasteiger partial charge >= 0.3 is 81.5 Å². The Morgan fingerprint density at radius 1 is 0.905 bits per heavy atom. The molecule has 6 nitrogen and oxygen atoms in total. The molecule has 2 atom stereocenters. The number of aliphatic hydroxyl groups is 2. The van der Waals surface area contributed by atoms with Crippen LogP contribution in [0.4, 0.5) is 0 Å². The summed E-state index contributed by atoms with van der Waals surface area (Å²) in [5.74, 6) is -2.18. The molecule has 0 saturated carbocycles. The minimum absolute atomic E-state index is 0.149. The van der Waals surface area contributed by atoms with Crippen LogP contribution in [0.15, 0.2) is 0 Å². The van der Waals surface area contributed by atoms with E-state index >= 15 is 0 Å². The van der Waals surface area contributed by atoms with Crippen molar-refractivity contribution in [2.75, 3.05) is 14.2 Å². The number of hydrogen-bond donors (Lipinski definition) is 2. The summed E-state index contributed by atoms with van der Waals surface area (Å²) in [6, 6.07) is 0. The Bertz CT molecular complexity index is 246. The fraction of sp³-hybridized carbons (Fsp3) is 0.857. The molecular formula is C14H28O6Sn. The van der Waals surface area contributed by atoms with E-state index in [0.717, 1.165) is 14.2 Å². The Morgan fingerprint density at radius 3 is 1.48 bits per heavy atom. The predicted molar refractivity (Wildman–Crippen MR) is 81.2 cm³/mol. The van der Waals surface area contributed by atoms with Gasteiger partial charge < -0.3 is 19.7 Å². The van der Waals surface area contributed by atoms with Gasteiger partial charge in [0, 0.05) is 0 Å². The molecule has 0 aliphatic carbocycles. The van der Waals surface area contributed by atoms with Crippen LogP contribution in [0.3, 0.4) is 0 Å². The maximum Gasteiger partial charge on any atom is 0.338 e. The van der Waals surface area contributed by atoms with E-state index in [4.69, 9.17) is 10.2 Å². The molecule has 2 radical (unpaired) electrons. The molecule has 0 aliphatic rings. The normalized spacial score (nSPS) is 12.7. The molecule has 0 unspecified atom stereocenters. The van der Waals surface area contributed by atoms with Crippen molar-refractivity contribution >= 4 is 33.1 Å². The Labute approximate surface area is 137 Å². The summed E-state index contributed by atoms with van der Waals surface area (Å²) in [5, 5.41) is 17.7. The van der Waals surface area contributed by atoms with Gasteiger partial charge in [-0.3, -0.25) is 0 Å². The summed E-state index contributed by atoms with van der Waals surface area (Å²) in [4.78, 5) is 21.1. The van der Waals surface area contributed by atoms with E-state index in [0.29, 0.717) is 0 Å². The molecule has 21 heavy (non-hydrogen) atoms. The number of aliphatic hydroxyl groups excluding tert-OH is 2. The van der Waals surface area contributed by atoms with Crippen LogP contribution in [-0.2, 0) is 19.1 Å². The molecule has 124 valence electrons. The van der Waals surface area contributed by atoms with Gasteiger partial charge in [-0.25, -0.2) is 9.59 Å². The fourth-order valence-electron chi connectivity index (χ4n) is 1.23. The van der Waals surface area contributed by atoms with E-state index in [9.17, 15) is 9.59 Å². The van der Waals surface area contributed by atoms with Gasteiger partial charge in [-0.1, -0.05) is 0 Å². The van der Waals surface area contributed by atoms with E-state index < -0.39 is 24.1 Å². The summed E-state index contributed by atoms with van der Waals surface area (Å²) >= 11 is 0.149. The van der Waals surface area contributed by atoms with Gasteiger partial charge in [0.25, 0.3) is 0 Å². The van der Waals surface area contributed by atoms with Gasteiger partial charge in [-0.15, -0.1) is 0 Å². The van der Waals surface area contributed by atoms with Crippen LogP contribution in [0.2, 0.25) is 8.87 Å². The quantitative estimate of drug-likeness (QED) is 0.337. The van der Waals surface area contributed by atoms with Gasteiger partial charge in [-0.05, 0) is 0 Å². The standard InChI is InChI=1S/C6H10O6.2C4H9.Sn/c1-11-5(9)3(7)4(8)6(10)12-2;2*1-3-4-2;/h3-4,7-8H,1-2H3;2*1,3-4H2,2H3;/t3-,4-;;;/m1.../s1. The number of hydrogen-bond acceptors (Lipinski definition) is 6. The Morgan fingerprint density at radius 2 is 1.24 bits per heavy atom. The molecule has 0 aromatic rings. The van der Waals surface area contributed by atoms with E-state index in [1.165, 1.54) is 25.7 Å². The third-order valence-corrected chi connectivity index (χ3v) is 6.63.